The summed E-state index contributed by atoms with van der Waals surface area (Å²) in [6.45, 7) is 9.40. The van der Waals surface area contributed by atoms with Crippen LogP contribution in [-0.4, -0.2) is 38.3 Å². The average molecular weight is 213 g/mol. The third-order valence-electron chi connectivity index (χ3n) is 3.77. The fraction of sp³-hybridized carbons (Fsp3) is 1.00. The Hall–Kier alpha value is -0.0800. The molecule has 1 rings (SSSR count). The van der Waals surface area contributed by atoms with E-state index in [1.807, 2.05) is 7.11 Å². The molecule has 4 unspecified atom stereocenters. The van der Waals surface area contributed by atoms with Crippen molar-refractivity contribution in [3.05, 3.63) is 0 Å². The van der Waals surface area contributed by atoms with Crippen LogP contribution < -0.4 is 0 Å². The molecule has 0 aromatic heterocycles. The maximum atomic E-state index is 5.71. The van der Waals surface area contributed by atoms with Gasteiger partial charge in [0.2, 0.25) is 0 Å². The summed E-state index contributed by atoms with van der Waals surface area (Å²) < 4.78 is 5.71. The Morgan fingerprint density at radius 1 is 1.27 bits per heavy atom. The van der Waals surface area contributed by atoms with Crippen molar-refractivity contribution in [3.8, 4) is 0 Å². The molecule has 1 saturated heterocycles. The normalized spacial score (nSPS) is 39.8. The van der Waals surface area contributed by atoms with Gasteiger partial charge in [-0.3, -0.25) is 0 Å². The number of rotatable bonds is 2. The molecule has 0 bridgehead atoms. The zero-order valence-corrected chi connectivity index (χ0v) is 11.0. The number of methoxy groups -OCH3 is 1. The molecule has 1 aliphatic rings. The largest absolute Gasteiger partial charge is 0.381 e. The highest BCUT2D eigenvalue weighted by Gasteiger charge is 2.30. The highest BCUT2D eigenvalue weighted by Crippen LogP contribution is 2.28. The lowest BCUT2D eigenvalue weighted by molar-refractivity contribution is -0.0199. The highest BCUT2D eigenvalue weighted by atomic mass is 16.5. The first-order valence-corrected chi connectivity index (χ1v) is 6.29. The third kappa shape index (κ3) is 3.46. The van der Waals surface area contributed by atoms with Crippen LogP contribution in [0.25, 0.3) is 0 Å². The van der Waals surface area contributed by atoms with Crippen molar-refractivity contribution in [2.75, 3.05) is 27.2 Å². The van der Waals surface area contributed by atoms with Gasteiger partial charge in [0, 0.05) is 20.2 Å². The predicted octanol–water partition coefficient (Wildman–Crippen LogP) is 2.64. The topological polar surface area (TPSA) is 12.5 Å². The summed E-state index contributed by atoms with van der Waals surface area (Å²) in [4.78, 5) is 2.47. The van der Waals surface area contributed by atoms with Crippen molar-refractivity contribution in [2.45, 2.75) is 39.7 Å². The van der Waals surface area contributed by atoms with Crippen LogP contribution in [-0.2, 0) is 4.74 Å². The van der Waals surface area contributed by atoms with Crippen LogP contribution >= 0.6 is 0 Å². The summed E-state index contributed by atoms with van der Waals surface area (Å²) in [5.74, 6) is 2.19. The number of likely N-dealkylation sites (tertiary alicyclic amines) is 1. The van der Waals surface area contributed by atoms with E-state index < -0.39 is 0 Å². The second-order valence-corrected chi connectivity index (χ2v) is 5.41. The fourth-order valence-corrected chi connectivity index (χ4v) is 3.20. The molecular weight excluding hydrogens is 186 g/mol. The average Bonchev–Trinajstić information content (AvgIpc) is 2.14. The van der Waals surface area contributed by atoms with Crippen molar-refractivity contribution in [2.24, 2.45) is 17.8 Å². The summed E-state index contributed by atoms with van der Waals surface area (Å²) in [7, 11) is 4.11. The van der Waals surface area contributed by atoms with Gasteiger partial charge in [-0.2, -0.15) is 0 Å². The molecule has 15 heavy (non-hydrogen) atoms. The van der Waals surface area contributed by atoms with Gasteiger partial charge in [0.1, 0.15) is 0 Å². The van der Waals surface area contributed by atoms with Crippen molar-refractivity contribution in [1.82, 2.24) is 4.90 Å². The molecule has 0 amide bonds. The lowest BCUT2D eigenvalue weighted by Gasteiger charge is -2.38. The summed E-state index contributed by atoms with van der Waals surface area (Å²) in [5.41, 5.74) is 0. The van der Waals surface area contributed by atoms with Crippen LogP contribution in [0.3, 0.4) is 0 Å². The zero-order valence-electron chi connectivity index (χ0n) is 11.0. The minimum Gasteiger partial charge on any atom is -0.381 e. The van der Waals surface area contributed by atoms with E-state index >= 15 is 0 Å². The first kappa shape index (κ1) is 13.0. The Bertz CT molecular complexity index is 183. The maximum Gasteiger partial charge on any atom is 0.0637 e. The fourth-order valence-electron chi connectivity index (χ4n) is 3.20. The second-order valence-electron chi connectivity index (χ2n) is 5.41. The Kier molecular flexibility index (Phi) is 5.07. The highest BCUT2D eigenvalue weighted by molar-refractivity contribution is 4.81. The van der Waals surface area contributed by atoms with E-state index in [9.17, 15) is 0 Å². The molecule has 0 saturated carbocycles. The third-order valence-corrected chi connectivity index (χ3v) is 3.77. The van der Waals surface area contributed by atoms with Gasteiger partial charge < -0.3 is 9.64 Å². The van der Waals surface area contributed by atoms with Gasteiger partial charge in [-0.25, -0.2) is 0 Å². The quantitative estimate of drug-likeness (QED) is 0.699. The Balaban J connectivity index is 2.71. The van der Waals surface area contributed by atoms with Crippen molar-refractivity contribution >= 4 is 0 Å². The van der Waals surface area contributed by atoms with Crippen LogP contribution in [0.15, 0.2) is 0 Å². The molecule has 90 valence electrons. The van der Waals surface area contributed by atoms with E-state index in [2.05, 4.69) is 32.7 Å². The number of hydrogen-bond acceptors (Lipinski definition) is 2. The van der Waals surface area contributed by atoms with E-state index in [-0.39, 0.29) is 0 Å². The molecule has 0 aromatic carbocycles. The summed E-state index contributed by atoms with van der Waals surface area (Å²) >= 11 is 0. The summed E-state index contributed by atoms with van der Waals surface area (Å²) in [6, 6.07) is 0. The van der Waals surface area contributed by atoms with Crippen molar-refractivity contribution < 1.29 is 4.74 Å². The standard InChI is InChI=1S/C13H27NO/c1-6-12-9-14(4)8-10(2)7-11(3)13(12)15-5/h10-13H,6-9H2,1-5H3. The maximum absolute atomic E-state index is 5.71. The Labute approximate surface area is 95.0 Å². The predicted molar refractivity (Wildman–Crippen MR) is 65.0 cm³/mol. The van der Waals surface area contributed by atoms with Gasteiger partial charge in [-0.05, 0) is 37.6 Å². The molecule has 1 aliphatic heterocycles. The van der Waals surface area contributed by atoms with Crippen LogP contribution in [0.2, 0.25) is 0 Å². The molecule has 2 heteroatoms. The van der Waals surface area contributed by atoms with Crippen molar-refractivity contribution in [3.63, 3.8) is 0 Å². The molecule has 0 N–H and O–H groups in total. The lowest BCUT2D eigenvalue weighted by Crippen LogP contribution is -2.42. The van der Waals surface area contributed by atoms with Crippen LogP contribution in [0.1, 0.15) is 33.6 Å². The molecule has 0 radical (unpaired) electrons. The minimum atomic E-state index is 0.445. The van der Waals surface area contributed by atoms with E-state index in [0.29, 0.717) is 17.9 Å². The summed E-state index contributed by atoms with van der Waals surface area (Å²) in [6.07, 6.45) is 2.96. The van der Waals surface area contributed by atoms with Gasteiger partial charge in [0.25, 0.3) is 0 Å². The van der Waals surface area contributed by atoms with Gasteiger partial charge in [-0.15, -0.1) is 0 Å². The van der Waals surface area contributed by atoms with E-state index in [1.54, 1.807) is 0 Å². The molecule has 0 aliphatic carbocycles. The van der Waals surface area contributed by atoms with E-state index in [0.717, 1.165) is 5.92 Å². The number of nitrogens with zero attached hydrogens (tertiary/aromatic N) is 1. The first-order valence-electron chi connectivity index (χ1n) is 6.29. The molecule has 1 fully saturated rings. The summed E-state index contributed by atoms with van der Waals surface area (Å²) in [5, 5.41) is 0. The van der Waals surface area contributed by atoms with Crippen LogP contribution in [0.4, 0.5) is 0 Å². The molecule has 1 heterocycles. The van der Waals surface area contributed by atoms with E-state index in [4.69, 9.17) is 4.74 Å². The van der Waals surface area contributed by atoms with Gasteiger partial charge in [0.15, 0.2) is 0 Å². The zero-order chi connectivity index (χ0) is 11.4. The molecule has 2 nitrogen and oxygen atoms in total. The van der Waals surface area contributed by atoms with Gasteiger partial charge >= 0.3 is 0 Å². The monoisotopic (exact) mass is 213 g/mol. The van der Waals surface area contributed by atoms with Crippen LogP contribution in [0.5, 0.6) is 0 Å². The lowest BCUT2D eigenvalue weighted by atomic mass is 9.82. The SMILES string of the molecule is CCC1CN(C)CC(C)CC(C)C1OC. The molecule has 4 atom stereocenters. The molecule has 0 spiro atoms. The molecule has 0 aromatic rings. The number of ether oxygens (including phenoxy) is 1. The van der Waals surface area contributed by atoms with Gasteiger partial charge in [-0.1, -0.05) is 20.8 Å². The minimum absolute atomic E-state index is 0.445. The van der Waals surface area contributed by atoms with Gasteiger partial charge in [0.05, 0.1) is 6.10 Å². The Morgan fingerprint density at radius 2 is 1.93 bits per heavy atom. The second kappa shape index (κ2) is 5.86. The smallest absolute Gasteiger partial charge is 0.0637 e. The molecular formula is C13H27NO. The van der Waals surface area contributed by atoms with Crippen molar-refractivity contribution in [1.29, 1.82) is 0 Å². The van der Waals surface area contributed by atoms with E-state index in [1.165, 1.54) is 25.9 Å². The number of hydrogen-bond donors (Lipinski definition) is 0. The first-order chi connectivity index (χ1) is 7.08. The Morgan fingerprint density at radius 3 is 2.47 bits per heavy atom. The van der Waals surface area contributed by atoms with Crippen LogP contribution in [0, 0.1) is 17.8 Å².